The Balaban J connectivity index is 1.40. The third kappa shape index (κ3) is 7.17. The van der Waals surface area contributed by atoms with E-state index >= 15 is 0 Å². The molecule has 3 amide bonds. The Labute approximate surface area is 250 Å². The lowest BCUT2D eigenvalue weighted by Crippen LogP contribution is -2.46. The van der Waals surface area contributed by atoms with Gasteiger partial charge in [-0.25, -0.2) is 9.59 Å². The molecule has 1 aliphatic rings. The lowest BCUT2D eigenvalue weighted by molar-refractivity contribution is -0.135. The third-order valence-electron chi connectivity index (χ3n) is 7.64. The molecule has 5 rings (SSSR count). The molecule has 4 aromatic rings. The van der Waals surface area contributed by atoms with E-state index in [2.05, 4.69) is 22.8 Å². The first-order valence-electron chi connectivity index (χ1n) is 13.9. The van der Waals surface area contributed by atoms with Crippen LogP contribution < -0.4 is 10.6 Å². The summed E-state index contributed by atoms with van der Waals surface area (Å²) in [5.41, 5.74) is 4.88. The molecule has 4 aromatic carbocycles. The highest BCUT2D eigenvalue weighted by molar-refractivity contribution is 6.30. The van der Waals surface area contributed by atoms with Gasteiger partial charge in [-0.3, -0.25) is 4.79 Å². The van der Waals surface area contributed by atoms with E-state index in [0.717, 1.165) is 36.0 Å². The molecule has 0 aliphatic heterocycles. The number of fused-ring (bicyclic) bond motifs is 1. The number of rotatable bonds is 9. The van der Waals surface area contributed by atoms with Crippen LogP contribution in [0, 0.1) is 5.92 Å². The van der Waals surface area contributed by atoms with Gasteiger partial charge in [0.15, 0.2) is 0 Å². The van der Waals surface area contributed by atoms with Crippen LogP contribution in [-0.4, -0.2) is 34.5 Å². The quantitative estimate of drug-likeness (QED) is 0.204. The van der Waals surface area contributed by atoms with E-state index in [1.165, 1.54) is 17.7 Å². The number of carbonyl (C=O) groups excluding carboxylic acids is 2. The molecule has 0 bridgehead atoms. The van der Waals surface area contributed by atoms with E-state index in [-0.39, 0.29) is 30.0 Å². The van der Waals surface area contributed by atoms with Gasteiger partial charge in [0.1, 0.15) is 0 Å². The van der Waals surface area contributed by atoms with E-state index in [9.17, 15) is 19.5 Å². The molecule has 3 N–H and O–H groups in total. The minimum Gasteiger partial charge on any atom is -0.478 e. The Morgan fingerprint density at radius 2 is 1.60 bits per heavy atom. The number of carbonyl (C=O) groups is 3. The monoisotopic (exact) mass is 581 g/mol. The molecule has 0 saturated carbocycles. The first kappa shape index (κ1) is 28.9. The molecule has 214 valence electrons. The van der Waals surface area contributed by atoms with Gasteiger partial charge in [-0.1, -0.05) is 84.4 Å². The first-order chi connectivity index (χ1) is 20.4. The van der Waals surface area contributed by atoms with Crippen molar-refractivity contribution >= 4 is 35.2 Å². The molecule has 0 spiro atoms. The fourth-order valence-corrected chi connectivity index (χ4v) is 5.77. The van der Waals surface area contributed by atoms with Gasteiger partial charge in [-0.15, -0.1) is 0 Å². The smallest absolute Gasteiger partial charge is 0.335 e. The van der Waals surface area contributed by atoms with Crippen molar-refractivity contribution < 1.29 is 19.5 Å². The Bertz CT molecular complexity index is 1560. The maximum absolute atomic E-state index is 14.0. The summed E-state index contributed by atoms with van der Waals surface area (Å²) in [6, 6.07) is 31.1. The van der Waals surface area contributed by atoms with Crippen LogP contribution in [-0.2, 0) is 24.2 Å². The Morgan fingerprint density at radius 3 is 2.36 bits per heavy atom. The molecular formula is C34H32ClN3O4. The molecule has 0 radical (unpaired) electrons. The minimum atomic E-state index is -1.09. The highest BCUT2D eigenvalue weighted by Crippen LogP contribution is 2.41. The second-order valence-corrected chi connectivity index (χ2v) is 10.9. The van der Waals surface area contributed by atoms with Crippen molar-refractivity contribution in [3.63, 3.8) is 0 Å². The van der Waals surface area contributed by atoms with Crippen LogP contribution in [0.3, 0.4) is 0 Å². The number of anilines is 1. The van der Waals surface area contributed by atoms with E-state index in [1.807, 2.05) is 71.6 Å². The molecule has 8 heteroatoms. The van der Waals surface area contributed by atoms with Gasteiger partial charge in [0.2, 0.25) is 5.91 Å². The molecule has 7 nitrogen and oxygen atoms in total. The number of halogens is 1. The van der Waals surface area contributed by atoms with Crippen molar-refractivity contribution in [2.75, 3.05) is 11.9 Å². The number of amides is 3. The number of carboxylic acids is 1. The molecule has 0 aromatic heterocycles. The van der Waals surface area contributed by atoms with Gasteiger partial charge in [0, 0.05) is 17.3 Å². The average molecular weight is 582 g/mol. The van der Waals surface area contributed by atoms with Gasteiger partial charge in [-0.2, -0.15) is 0 Å². The van der Waals surface area contributed by atoms with Gasteiger partial charge in [0.05, 0.1) is 18.2 Å². The van der Waals surface area contributed by atoms with Gasteiger partial charge >= 0.3 is 12.0 Å². The number of hydrogen-bond donors (Lipinski definition) is 3. The molecule has 0 heterocycles. The lowest BCUT2D eigenvalue weighted by Gasteiger charge is -2.42. The first-order valence-corrected chi connectivity index (χ1v) is 14.3. The fraction of sp³-hybridized carbons (Fsp3) is 0.206. The molecule has 1 aliphatic carbocycles. The molecule has 2 unspecified atom stereocenters. The number of aromatic carboxylic acids is 1. The minimum absolute atomic E-state index is 0.0561. The molecular weight excluding hydrogens is 550 g/mol. The largest absolute Gasteiger partial charge is 0.478 e. The summed E-state index contributed by atoms with van der Waals surface area (Å²) in [6.07, 6.45) is 2.62. The fourth-order valence-electron chi connectivity index (χ4n) is 5.65. The second kappa shape index (κ2) is 13.4. The lowest BCUT2D eigenvalue weighted by atomic mass is 9.76. The van der Waals surface area contributed by atoms with Crippen molar-refractivity contribution in [3.05, 3.63) is 136 Å². The van der Waals surface area contributed by atoms with Crippen LogP contribution in [0.4, 0.5) is 10.5 Å². The summed E-state index contributed by atoms with van der Waals surface area (Å²) in [4.78, 5) is 39.9. The zero-order chi connectivity index (χ0) is 29.5. The summed E-state index contributed by atoms with van der Waals surface area (Å²) in [6.45, 7) is 0.170. The number of carboxylic acid groups (broad SMARTS) is 1. The zero-order valence-corrected chi connectivity index (χ0v) is 23.8. The Hall–Kier alpha value is -4.62. The van der Waals surface area contributed by atoms with Crippen molar-refractivity contribution in [2.45, 2.75) is 31.8 Å². The molecule has 0 fully saturated rings. The normalized spacial score (nSPS) is 15.7. The average Bonchev–Trinajstić information content (AvgIpc) is 3.00. The summed E-state index contributed by atoms with van der Waals surface area (Å²) in [7, 11) is 0. The van der Waals surface area contributed by atoms with E-state index in [4.69, 9.17) is 11.6 Å². The van der Waals surface area contributed by atoms with E-state index in [0.29, 0.717) is 17.3 Å². The van der Waals surface area contributed by atoms with Crippen LogP contribution in [0.15, 0.2) is 103 Å². The predicted octanol–water partition coefficient (Wildman–Crippen LogP) is 6.73. The SMILES string of the molecule is O=C(NCC(=O)N(Cc1ccccc1)C1c2ccccc2CCC1Cc1ccc(Cl)cc1)Nc1cccc(C(=O)O)c1. The number of benzene rings is 4. The van der Waals surface area contributed by atoms with Gasteiger partial charge in [-0.05, 0) is 77.8 Å². The highest BCUT2D eigenvalue weighted by Gasteiger charge is 2.36. The van der Waals surface area contributed by atoms with Crippen LogP contribution in [0.1, 0.15) is 45.1 Å². The number of urea groups is 1. The van der Waals surface area contributed by atoms with Crippen molar-refractivity contribution in [1.29, 1.82) is 0 Å². The summed E-state index contributed by atoms with van der Waals surface area (Å²) in [5, 5.41) is 15.2. The van der Waals surface area contributed by atoms with E-state index < -0.39 is 12.0 Å². The zero-order valence-electron chi connectivity index (χ0n) is 23.0. The Kier molecular flexibility index (Phi) is 9.19. The van der Waals surface area contributed by atoms with E-state index in [1.54, 1.807) is 12.1 Å². The topological polar surface area (TPSA) is 98.7 Å². The van der Waals surface area contributed by atoms with Crippen LogP contribution in [0.5, 0.6) is 0 Å². The molecule has 0 saturated heterocycles. The predicted molar refractivity (Wildman–Crippen MR) is 164 cm³/mol. The second-order valence-electron chi connectivity index (χ2n) is 10.5. The highest BCUT2D eigenvalue weighted by atomic mass is 35.5. The van der Waals surface area contributed by atoms with Gasteiger partial charge < -0.3 is 20.6 Å². The number of nitrogens with one attached hydrogen (secondary N) is 2. The number of nitrogens with zero attached hydrogens (tertiary/aromatic N) is 1. The standard InChI is InChI=1S/C34H32ClN3O4/c35-28-17-13-23(14-18-28)19-26-16-15-25-9-4-5-12-30(25)32(26)38(22-24-7-2-1-3-8-24)31(39)21-36-34(42)37-29-11-6-10-27(20-29)33(40)41/h1-14,17-18,20,26,32H,15-16,19,21-22H2,(H,40,41)(H2,36,37,42). The van der Waals surface area contributed by atoms with Crippen LogP contribution in [0.25, 0.3) is 0 Å². The maximum atomic E-state index is 14.0. The summed E-state index contributed by atoms with van der Waals surface area (Å²) in [5.74, 6) is -1.15. The molecule has 42 heavy (non-hydrogen) atoms. The van der Waals surface area contributed by atoms with Crippen molar-refractivity contribution in [3.8, 4) is 0 Å². The van der Waals surface area contributed by atoms with Crippen molar-refractivity contribution in [2.24, 2.45) is 5.92 Å². The Morgan fingerprint density at radius 1 is 0.857 bits per heavy atom. The van der Waals surface area contributed by atoms with Crippen molar-refractivity contribution in [1.82, 2.24) is 10.2 Å². The van der Waals surface area contributed by atoms with Crippen LogP contribution in [0.2, 0.25) is 5.02 Å². The number of aryl methyl sites for hydroxylation is 1. The molecule has 2 atom stereocenters. The van der Waals surface area contributed by atoms with Gasteiger partial charge in [0.25, 0.3) is 0 Å². The summed E-state index contributed by atoms with van der Waals surface area (Å²) >= 11 is 6.15. The summed E-state index contributed by atoms with van der Waals surface area (Å²) < 4.78 is 0. The number of hydrogen-bond acceptors (Lipinski definition) is 3. The van der Waals surface area contributed by atoms with Crippen LogP contribution >= 0.6 is 11.6 Å². The maximum Gasteiger partial charge on any atom is 0.335 e. The third-order valence-corrected chi connectivity index (χ3v) is 7.89.